The molecule has 0 saturated carbocycles. The molecule has 2 aromatic carbocycles. The van der Waals surface area contributed by atoms with Crippen LogP contribution in [0.4, 0.5) is 0 Å². The number of nitrogens with zero attached hydrogens (tertiary/aromatic N) is 3. The van der Waals surface area contributed by atoms with E-state index < -0.39 is 5.97 Å². The monoisotopic (exact) mass is 515 g/mol. The summed E-state index contributed by atoms with van der Waals surface area (Å²) in [5, 5.41) is 4.94. The van der Waals surface area contributed by atoms with Gasteiger partial charge >= 0.3 is 5.97 Å². The van der Waals surface area contributed by atoms with Crippen molar-refractivity contribution in [2.24, 2.45) is 5.10 Å². The lowest BCUT2D eigenvalue weighted by molar-refractivity contribution is -0.145. The summed E-state index contributed by atoms with van der Waals surface area (Å²) in [6.07, 6.45) is 2.38. The number of esters is 1. The minimum Gasteiger partial charge on any atom is -0.493 e. The van der Waals surface area contributed by atoms with E-state index in [2.05, 4.69) is 21.0 Å². The fraction of sp³-hybridized carbons (Fsp3) is 0.333. The van der Waals surface area contributed by atoms with Gasteiger partial charge < -0.3 is 14.2 Å². The maximum Gasteiger partial charge on any atom is 0.344 e. The summed E-state index contributed by atoms with van der Waals surface area (Å²) < 4.78 is 17.9. The number of methoxy groups -OCH3 is 1. The van der Waals surface area contributed by atoms with Gasteiger partial charge in [0.05, 0.1) is 30.8 Å². The zero-order valence-electron chi connectivity index (χ0n) is 19.0. The van der Waals surface area contributed by atoms with Gasteiger partial charge in [0.1, 0.15) is 5.82 Å². The molecule has 0 aliphatic carbocycles. The summed E-state index contributed by atoms with van der Waals surface area (Å²) in [5.74, 6) is 0.999. The molecule has 0 spiro atoms. The predicted octanol–water partition coefficient (Wildman–Crippen LogP) is 4.51. The van der Waals surface area contributed by atoms with Gasteiger partial charge in [0.25, 0.3) is 5.56 Å². The van der Waals surface area contributed by atoms with Crippen LogP contribution in [-0.2, 0) is 9.53 Å². The van der Waals surface area contributed by atoms with E-state index >= 15 is 0 Å². The average molecular weight is 516 g/mol. The van der Waals surface area contributed by atoms with E-state index in [0.717, 1.165) is 10.9 Å². The number of fused-ring (bicyclic) bond motifs is 1. The van der Waals surface area contributed by atoms with Crippen LogP contribution in [0.3, 0.4) is 0 Å². The number of halogens is 1. The molecule has 0 unspecified atom stereocenters. The Kier molecular flexibility index (Phi) is 8.21. The Morgan fingerprint density at radius 2 is 2.00 bits per heavy atom. The highest BCUT2D eigenvalue weighted by Crippen LogP contribution is 2.28. The van der Waals surface area contributed by atoms with Gasteiger partial charge in [0.15, 0.2) is 18.1 Å². The van der Waals surface area contributed by atoms with Crippen molar-refractivity contribution in [3.8, 4) is 11.5 Å². The molecule has 0 N–H and O–H groups in total. The van der Waals surface area contributed by atoms with Gasteiger partial charge in [-0.2, -0.15) is 9.78 Å². The first-order chi connectivity index (χ1) is 15.9. The van der Waals surface area contributed by atoms with Gasteiger partial charge in [0, 0.05) is 10.4 Å². The van der Waals surface area contributed by atoms with Crippen LogP contribution in [0, 0.1) is 0 Å². The second kappa shape index (κ2) is 11.1. The van der Waals surface area contributed by atoms with Gasteiger partial charge in [0.2, 0.25) is 0 Å². The van der Waals surface area contributed by atoms with E-state index in [-0.39, 0.29) is 24.7 Å². The summed E-state index contributed by atoms with van der Waals surface area (Å²) in [6.45, 7) is 5.85. The predicted molar refractivity (Wildman–Crippen MR) is 131 cm³/mol. The van der Waals surface area contributed by atoms with Crippen molar-refractivity contribution in [2.75, 3.05) is 20.3 Å². The smallest absolute Gasteiger partial charge is 0.344 e. The Morgan fingerprint density at radius 3 is 2.70 bits per heavy atom. The zero-order chi connectivity index (χ0) is 24.0. The number of carbonyl (C=O) groups is 1. The van der Waals surface area contributed by atoms with Crippen molar-refractivity contribution in [1.29, 1.82) is 0 Å². The van der Waals surface area contributed by atoms with Crippen LogP contribution >= 0.6 is 15.9 Å². The van der Waals surface area contributed by atoms with E-state index in [0.29, 0.717) is 33.8 Å². The number of hydrogen-bond donors (Lipinski definition) is 0. The Bertz CT molecular complexity index is 1240. The third-order valence-corrected chi connectivity index (χ3v) is 5.54. The molecule has 0 radical (unpaired) electrons. The van der Waals surface area contributed by atoms with Crippen LogP contribution in [0.25, 0.3) is 10.9 Å². The van der Waals surface area contributed by atoms with Crippen LogP contribution in [-0.4, -0.2) is 42.2 Å². The van der Waals surface area contributed by atoms with Gasteiger partial charge in [-0.15, -0.1) is 0 Å². The fourth-order valence-corrected chi connectivity index (χ4v) is 3.49. The summed E-state index contributed by atoms with van der Waals surface area (Å²) in [5.41, 5.74) is 1.08. The molecule has 8 nitrogen and oxygen atoms in total. The van der Waals surface area contributed by atoms with Crippen molar-refractivity contribution in [2.45, 2.75) is 33.1 Å². The van der Waals surface area contributed by atoms with E-state index in [1.54, 1.807) is 37.4 Å². The lowest BCUT2D eigenvalue weighted by Gasteiger charge is -2.14. The zero-order valence-corrected chi connectivity index (χ0v) is 20.6. The molecule has 3 rings (SSSR count). The van der Waals surface area contributed by atoms with Crippen LogP contribution < -0.4 is 15.0 Å². The standard InChI is InChI=1S/C24H26BrN3O5/c1-5-15(3)23-27-19-9-8-17(25)12-18(19)24(30)28(23)26-13-16-7-10-20(21(11-16)31-4)33-14-22(29)32-6-2/h7-13,15H,5-6,14H2,1-4H3/t15-/m1/s1. The molecule has 174 valence electrons. The molecule has 0 saturated heterocycles. The molecule has 0 bridgehead atoms. The van der Waals surface area contributed by atoms with Crippen molar-refractivity contribution >= 4 is 39.0 Å². The second-order valence-electron chi connectivity index (χ2n) is 7.31. The minimum atomic E-state index is -0.461. The van der Waals surface area contributed by atoms with Crippen LogP contribution in [0.2, 0.25) is 0 Å². The Morgan fingerprint density at radius 1 is 1.21 bits per heavy atom. The Labute approximate surface area is 200 Å². The quantitative estimate of drug-likeness (QED) is 0.307. The molecule has 3 aromatic rings. The van der Waals surface area contributed by atoms with Gasteiger partial charge in [-0.3, -0.25) is 4.79 Å². The van der Waals surface area contributed by atoms with E-state index in [1.165, 1.54) is 11.8 Å². The summed E-state index contributed by atoms with van der Waals surface area (Å²) in [6, 6.07) is 10.6. The molecule has 0 amide bonds. The highest BCUT2D eigenvalue weighted by atomic mass is 79.9. The van der Waals surface area contributed by atoms with E-state index in [9.17, 15) is 9.59 Å². The molecule has 1 heterocycles. The highest BCUT2D eigenvalue weighted by Gasteiger charge is 2.16. The Hall–Kier alpha value is -3.20. The molecule has 0 aliphatic rings. The number of carbonyl (C=O) groups excluding carboxylic acids is 1. The summed E-state index contributed by atoms with van der Waals surface area (Å²) in [4.78, 5) is 29.5. The summed E-state index contributed by atoms with van der Waals surface area (Å²) in [7, 11) is 1.50. The van der Waals surface area contributed by atoms with Crippen molar-refractivity contribution in [1.82, 2.24) is 9.66 Å². The lowest BCUT2D eigenvalue weighted by atomic mass is 10.1. The third-order valence-electron chi connectivity index (χ3n) is 5.05. The number of rotatable bonds is 9. The molecule has 1 aromatic heterocycles. The first-order valence-electron chi connectivity index (χ1n) is 10.6. The van der Waals surface area contributed by atoms with E-state index in [4.69, 9.17) is 19.2 Å². The molecule has 9 heteroatoms. The average Bonchev–Trinajstić information content (AvgIpc) is 2.82. The van der Waals surface area contributed by atoms with Gasteiger partial charge in [-0.05, 0) is 55.3 Å². The molecule has 33 heavy (non-hydrogen) atoms. The molecule has 1 atom stereocenters. The Balaban J connectivity index is 1.97. The largest absolute Gasteiger partial charge is 0.493 e. The van der Waals surface area contributed by atoms with E-state index in [1.807, 2.05) is 26.0 Å². The van der Waals surface area contributed by atoms with Crippen LogP contribution in [0.5, 0.6) is 11.5 Å². The highest BCUT2D eigenvalue weighted by molar-refractivity contribution is 9.10. The number of hydrogen-bond acceptors (Lipinski definition) is 7. The minimum absolute atomic E-state index is 0.0380. The number of benzene rings is 2. The normalized spacial score (nSPS) is 12.2. The maximum atomic E-state index is 13.2. The second-order valence-corrected chi connectivity index (χ2v) is 8.22. The van der Waals surface area contributed by atoms with Gasteiger partial charge in [-0.25, -0.2) is 9.78 Å². The van der Waals surface area contributed by atoms with Crippen molar-refractivity contribution in [3.05, 3.63) is 62.6 Å². The summed E-state index contributed by atoms with van der Waals surface area (Å²) >= 11 is 3.41. The van der Waals surface area contributed by atoms with Crippen molar-refractivity contribution in [3.63, 3.8) is 0 Å². The SMILES string of the molecule is CCOC(=O)COc1ccc(C=Nn2c([C@H](C)CC)nc3ccc(Br)cc3c2=O)cc1OC. The topological polar surface area (TPSA) is 92.0 Å². The first kappa shape index (κ1) is 24.4. The maximum absolute atomic E-state index is 13.2. The molecule has 0 aliphatic heterocycles. The van der Waals surface area contributed by atoms with Gasteiger partial charge in [-0.1, -0.05) is 29.8 Å². The van der Waals surface area contributed by atoms with Crippen molar-refractivity contribution < 1.29 is 19.0 Å². The fourth-order valence-electron chi connectivity index (χ4n) is 3.13. The number of ether oxygens (including phenoxy) is 3. The molecular weight excluding hydrogens is 490 g/mol. The molecular formula is C24H26BrN3O5. The molecule has 0 fully saturated rings. The first-order valence-corrected chi connectivity index (χ1v) is 11.4. The van der Waals surface area contributed by atoms with Crippen LogP contribution in [0.15, 0.2) is 50.8 Å². The third kappa shape index (κ3) is 5.78. The lowest BCUT2D eigenvalue weighted by Crippen LogP contribution is -2.23. The number of aromatic nitrogens is 2. The van der Waals surface area contributed by atoms with Crippen LogP contribution in [0.1, 0.15) is 44.5 Å².